The van der Waals surface area contributed by atoms with Gasteiger partial charge in [-0.2, -0.15) is 0 Å². The Labute approximate surface area is 120 Å². The molecule has 4 nitrogen and oxygen atoms in total. The van der Waals surface area contributed by atoms with Crippen molar-refractivity contribution in [1.82, 2.24) is 14.9 Å². The predicted molar refractivity (Wildman–Crippen MR) is 76.7 cm³/mol. The Kier molecular flexibility index (Phi) is 4.76. The van der Waals surface area contributed by atoms with Crippen molar-refractivity contribution in [3.63, 3.8) is 0 Å². The fourth-order valence-electron chi connectivity index (χ4n) is 2.51. The molecule has 1 aliphatic heterocycles. The van der Waals surface area contributed by atoms with Gasteiger partial charge in [-0.25, -0.2) is 9.97 Å². The quantitative estimate of drug-likeness (QED) is 0.800. The highest BCUT2D eigenvalue weighted by atomic mass is 35.5. The summed E-state index contributed by atoms with van der Waals surface area (Å²) in [6.45, 7) is 11.9. The van der Waals surface area contributed by atoms with E-state index in [-0.39, 0.29) is 6.10 Å². The molecule has 1 aromatic rings. The number of likely N-dealkylation sites (N-methyl/N-ethyl adjacent to an activating group) is 1. The molecular formula is C14H22ClN3O. The van der Waals surface area contributed by atoms with E-state index >= 15 is 0 Å². The maximum Gasteiger partial charge on any atom is 0.160 e. The Hall–Kier alpha value is -0.710. The zero-order valence-corrected chi connectivity index (χ0v) is 12.9. The van der Waals surface area contributed by atoms with Crippen molar-refractivity contribution < 1.29 is 4.74 Å². The molecule has 1 aromatic heterocycles. The maximum atomic E-state index is 6.30. The topological polar surface area (TPSA) is 38.2 Å². The Morgan fingerprint density at radius 2 is 2.16 bits per heavy atom. The minimum Gasteiger partial charge on any atom is -0.368 e. The maximum absolute atomic E-state index is 6.30. The number of ether oxygens (including phenoxy) is 1. The van der Waals surface area contributed by atoms with Crippen LogP contribution in [0.4, 0.5) is 0 Å². The second-order valence-corrected chi connectivity index (χ2v) is 5.64. The van der Waals surface area contributed by atoms with E-state index < -0.39 is 0 Å². The minimum atomic E-state index is -0.0638. The van der Waals surface area contributed by atoms with Gasteiger partial charge in [-0.05, 0) is 19.4 Å². The summed E-state index contributed by atoms with van der Waals surface area (Å²) < 4.78 is 5.78. The number of aryl methyl sites for hydroxylation is 1. The Balaban J connectivity index is 2.26. The van der Waals surface area contributed by atoms with Crippen LogP contribution in [0.25, 0.3) is 0 Å². The van der Waals surface area contributed by atoms with E-state index in [1.54, 1.807) is 0 Å². The molecule has 0 aliphatic carbocycles. The van der Waals surface area contributed by atoms with Crippen LogP contribution in [-0.2, 0) is 4.74 Å². The van der Waals surface area contributed by atoms with Crippen molar-refractivity contribution in [3.8, 4) is 0 Å². The lowest BCUT2D eigenvalue weighted by atomic mass is 10.0. The zero-order valence-electron chi connectivity index (χ0n) is 12.1. The Bertz CT molecular complexity index is 427. The molecule has 106 valence electrons. The lowest BCUT2D eigenvalue weighted by Gasteiger charge is -2.31. The molecule has 0 bridgehead atoms. The molecule has 0 radical (unpaired) electrons. The average molecular weight is 284 g/mol. The fourth-order valence-corrected chi connectivity index (χ4v) is 2.95. The summed E-state index contributed by atoms with van der Waals surface area (Å²) in [5.41, 5.74) is 2.00. The molecule has 5 heteroatoms. The molecule has 0 saturated carbocycles. The van der Waals surface area contributed by atoms with Gasteiger partial charge in [-0.1, -0.05) is 32.4 Å². The van der Waals surface area contributed by atoms with E-state index in [9.17, 15) is 0 Å². The van der Waals surface area contributed by atoms with E-state index in [0.717, 1.165) is 37.5 Å². The molecule has 0 N–H and O–H groups in total. The first-order valence-electron chi connectivity index (χ1n) is 6.90. The number of aromatic nitrogens is 2. The average Bonchev–Trinajstić information content (AvgIpc) is 2.37. The number of nitrogens with zero attached hydrogens (tertiary/aromatic N) is 3. The summed E-state index contributed by atoms with van der Waals surface area (Å²) in [6, 6.07) is 0. The van der Waals surface area contributed by atoms with Crippen LogP contribution in [0.2, 0.25) is 5.15 Å². The molecule has 2 heterocycles. The summed E-state index contributed by atoms with van der Waals surface area (Å²) in [7, 11) is 0. The molecule has 0 aromatic carbocycles. The molecule has 0 amide bonds. The molecular weight excluding hydrogens is 262 g/mol. The summed E-state index contributed by atoms with van der Waals surface area (Å²) in [4.78, 5) is 11.4. The van der Waals surface area contributed by atoms with Crippen LogP contribution < -0.4 is 0 Å². The molecule has 19 heavy (non-hydrogen) atoms. The van der Waals surface area contributed by atoms with Crippen LogP contribution >= 0.6 is 11.6 Å². The van der Waals surface area contributed by atoms with E-state index in [4.69, 9.17) is 16.3 Å². The number of morpholine rings is 1. The van der Waals surface area contributed by atoms with Gasteiger partial charge >= 0.3 is 0 Å². The lowest BCUT2D eigenvalue weighted by Crippen LogP contribution is -2.38. The van der Waals surface area contributed by atoms with Crippen LogP contribution in [0.1, 0.15) is 49.9 Å². The largest absolute Gasteiger partial charge is 0.368 e. The van der Waals surface area contributed by atoms with E-state index in [2.05, 4.69) is 35.6 Å². The minimum absolute atomic E-state index is 0.0638. The molecule has 1 fully saturated rings. The van der Waals surface area contributed by atoms with Gasteiger partial charge in [0.1, 0.15) is 11.3 Å². The zero-order chi connectivity index (χ0) is 14.0. The van der Waals surface area contributed by atoms with E-state index in [1.165, 1.54) is 0 Å². The fraction of sp³-hybridized carbons (Fsp3) is 0.714. The van der Waals surface area contributed by atoms with Gasteiger partial charge in [-0.15, -0.1) is 0 Å². The predicted octanol–water partition coefficient (Wildman–Crippen LogP) is 2.96. The first kappa shape index (κ1) is 14.7. The molecule has 0 spiro atoms. The van der Waals surface area contributed by atoms with Gasteiger partial charge in [0.25, 0.3) is 0 Å². The number of hydrogen-bond acceptors (Lipinski definition) is 4. The van der Waals surface area contributed by atoms with Crippen molar-refractivity contribution in [2.45, 2.75) is 39.7 Å². The van der Waals surface area contributed by atoms with Crippen molar-refractivity contribution in [2.24, 2.45) is 0 Å². The molecule has 1 saturated heterocycles. The molecule has 1 atom stereocenters. The van der Waals surface area contributed by atoms with Crippen molar-refractivity contribution in [3.05, 3.63) is 22.2 Å². The van der Waals surface area contributed by atoms with Gasteiger partial charge in [0.2, 0.25) is 0 Å². The van der Waals surface area contributed by atoms with Crippen molar-refractivity contribution >= 4 is 11.6 Å². The highest BCUT2D eigenvalue weighted by molar-refractivity contribution is 6.30. The van der Waals surface area contributed by atoms with Gasteiger partial charge in [0.05, 0.1) is 6.61 Å². The first-order valence-corrected chi connectivity index (χ1v) is 7.28. The second-order valence-electron chi connectivity index (χ2n) is 5.28. The number of hydrogen-bond donors (Lipinski definition) is 0. The van der Waals surface area contributed by atoms with E-state index in [1.807, 2.05) is 6.92 Å². The number of rotatable bonds is 3. The summed E-state index contributed by atoms with van der Waals surface area (Å²) in [5, 5.41) is 0.565. The summed E-state index contributed by atoms with van der Waals surface area (Å²) >= 11 is 6.30. The third-order valence-corrected chi connectivity index (χ3v) is 3.86. The molecule has 1 unspecified atom stereocenters. The smallest absolute Gasteiger partial charge is 0.160 e. The first-order chi connectivity index (χ1) is 9.02. The SMILES string of the molecule is CCN1CCOC(c2nc(C)c(C(C)C)c(Cl)n2)C1. The highest BCUT2D eigenvalue weighted by Gasteiger charge is 2.25. The third kappa shape index (κ3) is 3.25. The van der Waals surface area contributed by atoms with Gasteiger partial charge in [0.15, 0.2) is 5.82 Å². The van der Waals surface area contributed by atoms with Gasteiger partial charge in [0, 0.05) is 24.3 Å². The lowest BCUT2D eigenvalue weighted by molar-refractivity contribution is -0.0326. The Morgan fingerprint density at radius 3 is 2.74 bits per heavy atom. The standard InChI is InChI=1S/C14H22ClN3O/c1-5-18-6-7-19-11(8-18)14-16-10(4)12(9(2)3)13(15)17-14/h9,11H,5-8H2,1-4H3. The van der Waals surface area contributed by atoms with Crippen LogP contribution in [0.15, 0.2) is 0 Å². The van der Waals surface area contributed by atoms with Crippen LogP contribution in [0, 0.1) is 6.92 Å². The number of halogens is 1. The second kappa shape index (κ2) is 6.16. The molecule has 1 aliphatic rings. The summed E-state index contributed by atoms with van der Waals surface area (Å²) in [6.07, 6.45) is -0.0638. The highest BCUT2D eigenvalue weighted by Crippen LogP contribution is 2.28. The van der Waals surface area contributed by atoms with Crippen molar-refractivity contribution in [1.29, 1.82) is 0 Å². The van der Waals surface area contributed by atoms with Crippen LogP contribution in [0.5, 0.6) is 0 Å². The molecule has 2 rings (SSSR count). The summed E-state index contributed by atoms with van der Waals surface area (Å²) in [5.74, 6) is 1.05. The van der Waals surface area contributed by atoms with Crippen LogP contribution in [0.3, 0.4) is 0 Å². The monoisotopic (exact) mass is 283 g/mol. The normalized spacial score (nSPS) is 21.1. The van der Waals surface area contributed by atoms with Gasteiger partial charge in [-0.3, -0.25) is 4.90 Å². The van der Waals surface area contributed by atoms with Crippen molar-refractivity contribution in [2.75, 3.05) is 26.2 Å². The van der Waals surface area contributed by atoms with Gasteiger partial charge < -0.3 is 4.74 Å². The van der Waals surface area contributed by atoms with Crippen LogP contribution in [-0.4, -0.2) is 41.1 Å². The third-order valence-electron chi connectivity index (χ3n) is 3.57. The van der Waals surface area contributed by atoms with E-state index in [0.29, 0.717) is 16.9 Å². The Morgan fingerprint density at radius 1 is 1.42 bits per heavy atom.